The summed E-state index contributed by atoms with van der Waals surface area (Å²) in [5.74, 6) is 0.787. The molecule has 0 saturated carbocycles. The molecular formula is C49H35N3O. The summed E-state index contributed by atoms with van der Waals surface area (Å²) in [4.78, 5) is 11.0. The van der Waals surface area contributed by atoms with E-state index in [0.717, 1.165) is 83.8 Å². The molecule has 0 spiro atoms. The maximum atomic E-state index is 6.57. The van der Waals surface area contributed by atoms with Crippen LogP contribution in [0.25, 0.3) is 71.7 Å². The first-order valence-corrected chi connectivity index (χ1v) is 18.2. The second-order valence-corrected chi connectivity index (χ2v) is 13.8. The summed E-state index contributed by atoms with van der Waals surface area (Å²) in [7, 11) is 0. The van der Waals surface area contributed by atoms with E-state index in [-0.39, 0.29) is 5.92 Å². The maximum Gasteiger partial charge on any atom is 0.235 e. The van der Waals surface area contributed by atoms with Crippen molar-refractivity contribution in [2.24, 2.45) is 15.9 Å². The zero-order chi connectivity index (χ0) is 35.3. The molecule has 4 heteroatoms. The molecule has 2 aromatic heterocycles. The standard InChI is InChI=1S/C49H35N3O/c1-32-26-31-42(35-16-6-3-7-17-35)50-49(51-47(32)36-29-27-34(28-30-36)33-14-4-2-5-15-33)52-43-23-10-8-19-41(43)46-38(20-13-24-44(46)52)40-22-12-21-39-37-18-9-11-25-45(37)53-48(39)40/h2-25,27-32H,26H2,1H3/b42-31+,50-49+,51-47+. The van der Waals surface area contributed by atoms with Crippen molar-refractivity contribution in [1.82, 2.24) is 4.57 Å². The Morgan fingerprint density at radius 1 is 0.509 bits per heavy atom. The van der Waals surface area contributed by atoms with Crippen LogP contribution in [0.1, 0.15) is 24.5 Å². The molecule has 7 aromatic carbocycles. The number of aromatic nitrogens is 1. The van der Waals surface area contributed by atoms with E-state index in [1.807, 2.05) is 18.2 Å². The van der Waals surface area contributed by atoms with Gasteiger partial charge in [-0.15, -0.1) is 0 Å². The molecule has 1 atom stereocenters. The Morgan fingerprint density at radius 2 is 1.11 bits per heavy atom. The lowest BCUT2D eigenvalue weighted by Crippen LogP contribution is -2.20. The van der Waals surface area contributed by atoms with E-state index in [1.165, 1.54) is 11.1 Å². The van der Waals surface area contributed by atoms with Crippen molar-refractivity contribution in [2.45, 2.75) is 13.3 Å². The summed E-state index contributed by atoms with van der Waals surface area (Å²) >= 11 is 0. The summed E-state index contributed by atoms with van der Waals surface area (Å²) in [5.41, 5.74) is 12.5. The molecule has 10 rings (SSSR count). The van der Waals surface area contributed by atoms with Crippen molar-refractivity contribution < 1.29 is 4.42 Å². The molecule has 3 heterocycles. The molecule has 0 aliphatic carbocycles. The highest BCUT2D eigenvalue weighted by Gasteiger charge is 2.23. The fourth-order valence-corrected chi connectivity index (χ4v) is 7.92. The van der Waals surface area contributed by atoms with Crippen LogP contribution in [0.15, 0.2) is 190 Å². The van der Waals surface area contributed by atoms with Gasteiger partial charge in [0.2, 0.25) is 5.96 Å². The van der Waals surface area contributed by atoms with Crippen molar-refractivity contribution in [3.63, 3.8) is 0 Å². The van der Waals surface area contributed by atoms with E-state index < -0.39 is 0 Å². The van der Waals surface area contributed by atoms with Gasteiger partial charge in [-0.1, -0.05) is 165 Å². The van der Waals surface area contributed by atoms with Crippen LogP contribution in [0.3, 0.4) is 0 Å². The van der Waals surface area contributed by atoms with Gasteiger partial charge in [-0.2, -0.15) is 0 Å². The highest BCUT2D eigenvalue weighted by atomic mass is 16.3. The molecule has 4 nitrogen and oxygen atoms in total. The van der Waals surface area contributed by atoms with Crippen LogP contribution >= 0.6 is 0 Å². The van der Waals surface area contributed by atoms with Crippen LogP contribution in [0, 0.1) is 5.92 Å². The Hall–Kier alpha value is -6.78. The summed E-state index contributed by atoms with van der Waals surface area (Å²) in [6.07, 6.45) is 3.09. The SMILES string of the molecule is CC1C/C=C(c2ccccc2)/N=C(n2c3ccccc3c3c(-c4cccc5c4oc4ccccc45)cccc32)\N=C/1c1ccc(-c2ccccc2)cc1. The fraction of sp³-hybridized carbons (Fsp3) is 0.0612. The van der Waals surface area contributed by atoms with Gasteiger partial charge in [0, 0.05) is 33.0 Å². The van der Waals surface area contributed by atoms with Crippen molar-refractivity contribution >= 4 is 61.1 Å². The Morgan fingerprint density at radius 3 is 1.92 bits per heavy atom. The molecule has 1 aliphatic rings. The maximum absolute atomic E-state index is 6.57. The van der Waals surface area contributed by atoms with Crippen molar-refractivity contribution in [3.8, 4) is 22.3 Å². The first-order chi connectivity index (χ1) is 26.2. The quantitative estimate of drug-likeness (QED) is 0.182. The molecule has 0 N–H and O–H groups in total. The molecule has 1 unspecified atom stereocenters. The number of furan rings is 1. The number of para-hydroxylation sites is 3. The van der Waals surface area contributed by atoms with E-state index in [2.05, 4.69) is 169 Å². The molecule has 53 heavy (non-hydrogen) atoms. The first-order valence-electron chi connectivity index (χ1n) is 18.2. The normalized spacial score (nSPS) is 17.9. The van der Waals surface area contributed by atoms with Gasteiger partial charge in [0.1, 0.15) is 11.2 Å². The van der Waals surface area contributed by atoms with E-state index in [1.54, 1.807) is 0 Å². The molecule has 1 aliphatic heterocycles. The number of allylic oxidation sites excluding steroid dienone is 1. The summed E-state index contributed by atoms with van der Waals surface area (Å²) < 4.78 is 8.82. The zero-order valence-corrected chi connectivity index (χ0v) is 29.3. The highest BCUT2D eigenvalue weighted by molar-refractivity contribution is 6.23. The molecule has 9 aromatic rings. The average molecular weight is 682 g/mol. The molecule has 0 fully saturated rings. The number of hydrogen-bond acceptors (Lipinski definition) is 3. The van der Waals surface area contributed by atoms with Gasteiger partial charge in [-0.25, -0.2) is 9.98 Å². The average Bonchev–Trinajstić information content (AvgIpc) is 3.77. The van der Waals surface area contributed by atoms with Crippen LogP contribution in [-0.4, -0.2) is 16.2 Å². The monoisotopic (exact) mass is 681 g/mol. The van der Waals surface area contributed by atoms with Gasteiger partial charge in [0.05, 0.1) is 22.4 Å². The van der Waals surface area contributed by atoms with Crippen molar-refractivity contribution in [2.75, 3.05) is 0 Å². The fourth-order valence-electron chi connectivity index (χ4n) is 7.92. The van der Waals surface area contributed by atoms with Gasteiger partial charge < -0.3 is 4.42 Å². The number of nitrogens with zero attached hydrogens (tertiary/aromatic N) is 3. The van der Waals surface area contributed by atoms with E-state index in [0.29, 0.717) is 5.96 Å². The van der Waals surface area contributed by atoms with Crippen molar-refractivity contribution in [1.29, 1.82) is 0 Å². The number of aliphatic imine (C=N–C) groups is 2. The van der Waals surface area contributed by atoms with Gasteiger partial charge in [-0.05, 0) is 52.4 Å². The van der Waals surface area contributed by atoms with Gasteiger partial charge in [0.25, 0.3) is 0 Å². The number of rotatable bonds is 4. The van der Waals surface area contributed by atoms with Crippen molar-refractivity contribution in [3.05, 3.63) is 187 Å². The molecule has 0 radical (unpaired) electrons. The predicted octanol–water partition coefficient (Wildman–Crippen LogP) is 12.8. The largest absolute Gasteiger partial charge is 0.455 e. The van der Waals surface area contributed by atoms with E-state index in [4.69, 9.17) is 14.4 Å². The minimum atomic E-state index is 0.149. The smallest absolute Gasteiger partial charge is 0.235 e. The lowest BCUT2D eigenvalue weighted by Gasteiger charge is -2.19. The summed E-state index contributed by atoms with van der Waals surface area (Å²) in [6.45, 7) is 2.27. The van der Waals surface area contributed by atoms with E-state index >= 15 is 0 Å². The summed E-state index contributed by atoms with van der Waals surface area (Å²) in [5, 5.41) is 4.51. The molecule has 0 saturated heterocycles. The Balaban J connectivity index is 1.22. The lowest BCUT2D eigenvalue weighted by atomic mass is 9.92. The van der Waals surface area contributed by atoms with Crippen LogP contribution in [-0.2, 0) is 0 Å². The molecular weight excluding hydrogens is 647 g/mol. The third kappa shape index (κ3) is 5.30. The number of benzene rings is 7. The minimum absolute atomic E-state index is 0.149. The molecule has 0 bridgehead atoms. The van der Waals surface area contributed by atoms with Gasteiger partial charge in [0.15, 0.2) is 0 Å². The van der Waals surface area contributed by atoms with Gasteiger partial charge in [-0.3, -0.25) is 4.57 Å². The predicted molar refractivity (Wildman–Crippen MR) is 222 cm³/mol. The number of hydrogen-bond donors (Lipinski definition) is 0. The summed E-state index contributed by atoms with van der Waals surface area (Å²) in [6, 6.07) is 59.7. The lowest BCUT2D eigenvalue weighted by molar-refractivity contribution is 0.670. The minimum Gasteiger partial charge on any atom is -0.455 e. The molecule has 252 valence electrons. The van der Waals surface area contributed by atoms with Crippen LogP contribution in [0.2, 0.25) is 0 Å². The second kappa shape index (κ2) is 12.8. The Bertz CT molecular complexity index is 2910. The third-order valence-electron chi connectivity index (χ3n) is 10.5. The second-order valence-electron chi connectivity index (χ2n) is 13.8. The van der Waals surface area contributed by atoms with E-state index in [9.17, 15) is 0 Å². The van der Waals surface area contributed by atoms with Gasteiger partial charge >= 0.3 is 0 Å². The zero-order valence-electron chi connectivity index (χ0n) is 29.3. The number of fused-ring (bicyclic) bond motifs is 6. The third-order valence-corrected chi connectivity index (χ3v) is 10.5. The highest BCUT2D eigenvalue weighted by Crippen LogP contribution is 2.42. The topological polar surface area (TPSA) is 42.8 Å². The Labute approximate surface area is 307 Å². The molecule has 0 amide bonds. The van der Waals surface area contributed by atoms with Crippen LogP contribution < -0.4 is 0 Å². The Kier molecular flexibility index (Phi) is 7.47. The first kappa shape index (κ1) is 31.0. The van der Waals surface area contributed by atoms with Crippen LogP contribution in [0.4, 0.5) is 0 Å². The van der Waals surface area contributed by atoms with Crippen LogP contribution in [0.5, 0.6) is 0 Å².